The Kier molecular flexibility index (Phi) is 3.07. The van der Waals surface area contributed by atoms with Gasteiger partial charge in [0.15, 0.2) is 5.82 Å². The maximum Gasteiger partial charge on any atom is 0.259 e. The monoisotopic (exact) mass is 282 g/mol. The van der Waals surface area contributed by atoms with Gasteiger partial charge < -0.3 is 9.63 Å². The van der Waals surface area contributed by atoms with Crippen LogP contribution in [0.5, 0.6) is 0 Å². The van der Waals surface area contributed by atoms with E-state index in [-0.39, 0.29) is 0 Å². The highest BCUT2D eigenvalue weighted by Gasteiger charge is 2.14. The summed E-state index contributed by atoms with van der Waals surface area (Å²) < 4.78 is 5.98. The fraction of sp³-hybridized carbons (Fsp3) is 0.273. The van der Waals surface area contributed by atoms with E-state index in [0.717, 1.165) is 15.6 Å². The second-order valence-electron chi connectivity index (χ2n) is 3.62. The minimum atomic E-state index is -0.721. The van der Waals surface area contributed by atoms with E-state index < -0.39 is 6.10 Å². The van der Waals surface area contributed by atoms with Crippen LogP contribution in [-0.2, 0) is 0 Å². The molecule has 0 bridgehead atoms. The first kappa shape index (κ1) is 11.3. The molecule has 1 N–H and O–H groups in total. The minimum absolute atomic E-state index is 0.294. The van der Waals surface area contributed by atoms with E-state index in [9.17, 15) is 5.11 Å². The number of hydrogen-bond donors (Lipinski definition) is 1. The van der Waals surface area contributed by atoms with Gasteiger partial charge in [-0.2, -0.15) is 4.98 Å². The second-order valence-corrected chi connectivity index (χ2v) is 4.47. The van der Waals surface area contributed by atoms with Crippen molar-refractivity contribution in [3.05, 3.63) is 34.1 Å². The summed E-state index contributed by atoms with van der Waals surface area (Å²) in [5.41, 5.74) is 1.97. The highest BCUT2D eigenvalue weighted by atomic mass is 79.9. The summed E-state index contributed by atoms with van der Waals surface area (Å²) in [7, 11) is 0. The van der Waals surface area contributed by atoms with Crippen LogP contribution in [0.3, 0.4) is 0 Å². The molecule has 4 nitrogen and oxygen atoms in total. The van der Waals surface area contributed by atoms with Crippen LogP contribution in [0.15, 0.2) is 27.2 Å². The van der Waals surface area contributed by atoms with Crippen LogP contribution in [0.4, 0.5) is 0 Å². The summed E-state index contributed by atoms with van der Waals surface area (Å²) in [6.45, 7) is 3.60. The average Bonchev–Trinajstić information content (AvgIpc) is 2.66. The van der Waals surface area contributed by atoms with Gasteiger partial charge in [-0.3, -0.25) is 0 Å². The summed E-state index contributed by atoms with van der Waals surface area (Å²) in [6.07, 6.45) is -0.721. The van der Waals surface area contributed by atoms with E-state index in [0.29, 0.717) is 11.7 Å². The van der Waals surface area contributed by atoms with E-state index >= 15 is 0 Å². The molecule has 0 radical (unpaired) electrons. The molecular weight excluding hydrogens is 272 g/mol. The summed E-state index contributed by atoms with van der Waals surface area (Å²) in [4.78, 5) is 4.11. The summed E-state index contributed by atoms with van der Waals surface area (Å²) in [5, 5.41) is 13.0. The molecule has 84 valence electrons. The van der Waals surface area contributed by atoms with Crippen molar-refractivity contribution in [3.63, 3.8) is 0 Å². The Morgan fingerprint density at radius 2 is 2.19 bits per heavy atom. The predicted molar refractivity (Wildman–Crippen MR) is 62.8 cm³/mol. The van der Waals surface area contributed by atoms with Crippen LogP contribution in [0.2, 0.25) is 0 Å². The molecule has 0 spiro atoms. The maximum atomic E-state index is 9.30. The molecule has 0 aliphatic carbocycles. The molecule has 0 saturated carbocycles. The lowest BCUT2D eigenvalue weighted by Gasteiger charge is -1.99. The largest absolute Gasteiger partial charge is 0.385 e. The first-order valence-corrected chi connectivity index (χ1v) is 5.65. The van der Waals surface area contributed by atoms with Gasteiger partial charge in [0.05, 0.1) is 5.56 Å². The number of aliphatic hydroxyl groups excluding tert-OH is 1. The lowest BCUT2D eigenvalue weighted by Crippen LogP contribution is -1.93. The molecule has 1 unspecified atom stereocenters. The molecule has 2 aromatic rings. The molecule has 0 aliphatic rings. The average molecular weight is 283 g/mol. The van der Waals surface area contributed by atoms with Gasteiger partial charge in [-0.05, 0) is 47.5 Å². The van der Waals surface area contributed by atoms with E-state index in [4.69, 9.17) is 4.52 Å². The fourth-order valence-corrected chi connectivity index (χ4v) is 1.97. The SMILES string of the molecule is Cc1ccc(-c2nc(C(C)O)no2)c(Br)c1. The third kappa shape index (κ3) is 2.15. The van der Waals surface area contributed by atoms with Crippen LogP contribution < -0.4 is 0 Å². The van der Waals surface area contributed by atoms with Gasteiger partial charge in [0, 0.05) is 4.47 Å². The molecule has 0 amide bonds. The zero-order valence-corrected chi connectivity index (χ0v) is 10.5. The number of aryl methyl sites for hydroxylation is 1. The highest BCUT2D eigenvalue weighted by molar-refractivity contribution is 9.10. The van der Waals surface area contributed by atoms with Crippen molar-refractivity contribution >= 4 is 15.9 Å². The first-order chi connectivity index (χ1) is 7.58. The minimum Gasteiger partial charge on any atom is -0.385 e. The lowest BCUT2D eigenvalue weighted by atomic mass is 10.1. The van der Waals surface area contributed by atoms with Crippen LogP contribution in [0.25, 0.3) is 11.5 Å². The number of rotatable bonds is 2. The second kappa shape index (κ2) is 4.35. The fourth-order valence-electron chi connectivity index (χ4n) is 1.31. The van der Waals surface area contributed by atoms with E-state index in [1.807, 2.05) is 25.1 Å². The van der Waals surface area contributed by atoms with E-state index in [1.165, 1.54) is 0 Å². The number of aliphatic hydroxyl groups is 1. The molecule has 16 heavy (non-hydrogen) atoms. The standard InChI is InChI=1S/C11H11BrN2O2/c1-6-3-4-8(9(12)5-6)11-13-10(7(2)15)14-16-11/h3-5,7,15H,1-2H3. The molecule has 1 atom stereocenters. The zero-order chi connectivity index (χ0) is 11.7. The van der Waals surface area contributed by atoms with Crippen LogP contribution in [0, 0.1) is 6.92 Å². The molecule has 5 heteroatoms. The Bertz CT molecular complexity index is 508. The number of nitrogens with zero attached hydrogens (tertiary/aromatic N) is 2. The van der Waals surface area contributed by atoms with E-state index in [1.54, 1.807) is 6.92 Å². The van der Waals surface area contributed by atoms with Crippen molar-refractivity contribution in [1.82, 2.24) is 10.1 Å². The number of hydrogen-bond acceptors (Lipinski definition) is 4. The lowest BCUT2D eigenvalue weighted by molar-refractivity contribution is 0.184. The molecule has 0 aliphatic heterocycles. The van der Waals surface area contributed by atoms with Crippen molar-refractivity contribution < 1.29 is 9.63 Å². The third-order valence-electron chi connectivity index (χ3n) is 2.17. The Morgan fingerprint density at radius 3 is 2.75 bits per heavy atom. The van der Waals surface area contributed by atoms with Gasteiger partial charge in [0.1, 0.15) is 6.10 Å². The topological polar surface area (TPSA) is 59.2 Å². The van der Waals surface area contributed by atoms with Crippen molar-refractivity contribution in [1.29, 1.82) is 0 Å². The Labute approximate surface area is 101 Å². The molecule has 1 heterocycles. The van der Waals surface area contributed by atoms with Gasteiger partial charge in [-0.1, -0.05) is 11.2 Å². The van der Waals surface area contributed by atoms with Crippen LogP contribution in [-0.4, -0.2) is 15.2 Å². The maximum absolute atomic E-state index is 9.30. The van der Waals surface area contributed by atoms with Gasteiger partial charge in [0.2, 0.25) is 0 Å². The summed E-state index contributed by atoms with van der Waals surface area (Å²) >= 11 is 3.44. The molecule has 0 fully saturated rings. The van der Waals surface area contributed by atoms with Crippen molar-refractivity contribution in [2.75, 3.05) is 0 Å². The smallest absolute Gasteiger partial charge is 0.259 e. The quantitative estimate of drug-likeness (QED) is 0.920. The normalized spacial score (nSPS) is 12.8. The van der Waals surface area contributed by atoms with Gasteiger partial charge in [-0.25, -0.2) is 0 Å². The predicted octanol–water partition coefficient (Wildman–Crippen LogP) is 2.86. The van der Waals surface area contributed by atoms with Crippen molar-refractivity contribution in [2.45, 2.75) is 20.0 Å². The van der Waals surface area contributed by atoms with Gasteiger partial charge in [0.25, 0.3) is 5.89 Å². The van der Waals surface area contributed by atoms with Gasteiger partial charge in [-0.15, -0.1) is 0 Å². The number of halogens is 1. The molecule has 1 aromatic heterocycles. The summed E-state index contributed by atoms with van der Waals surface area (Å²) in [5.74, 6) is 0.699. The number of benzene rings is 1. The van der Waals surface area contributed by atoms with Crippen LogP contribution >= 0.6 is 15.9 Å². The Hall–Kier alpha value is -1.20. The Balaban J connectivity index is 2.42. The number of aromatic nitrogens is 2. The van der Waals surface area contributed by atoms with Gasteiger partial charge >= 0.3 is 0 Å². The molecule has 1 aromatic carbocycles. The molecule has 0 saturated heterocycles. The first-order valence-electron chi connectivity index (χ1n) is 4.86. The van der Waals surface area contributed by atoms with E-state index in [2.05, 4.69) is 26.1 Å². The van der Waals surface area contributed by atoms with Crippen LogP contribution in [0.1, 0.15) is 24.4 Å². The van der Waals surface area contributed by atoms with Crippen molar-refractivity contribution in [3.8, 4) is 11.5 Å². The zero-order valence-electron chi connectivity index (χ0n) is 8.94. The van der Waals surface area contributed by atoms with Crippen molar-refractivity contribution in [2.24, 2.45) is 0 Å². The summed E-state index contributed by atoms with van der Waals surface area (Å²) in [6, 6.07) is 5.84. The highest BCUT2D eigenvalue weighted by Crippen LogP contribution is 2.28. The molecule has 2 rings (SSSR count). The third-order valence-corrected chi connectivity index (χ3v) is 2.83. The molecular formula is C11H11BrN2O2. The Morgan fingerprint density at radius 1 is 1.44 bits per heavy atom.